The van der Waals surface area contributed by atoms with E-state index >= 15 is 0 Å². The number of methoxy groups -OCH3 is 3. The molecule has 1 N–H and O–H groups in total. The Morgan fingerprint density at radius 2 is 1.54 bits per heavy atom. The zero-order valence-electron chi connectivity index (χ0n) is 15.2. The molecule has 2 aromatic carbocycles. The SMILES string of the molecule is CCN(C(=O)C(=O)Nc1cc(OC)c(OC)c(OC)c1)c1ccccc1. The van der Waals surface area contributed by atoms with E-state index in [1.165, 1.54) is 26.2 Å². The van der Waals surface area contributed by atoms with Crippen molar-refractivity contribution in [3.8, 4) is 17.2 Å². The first-order chi connectivity index (χ1) is 12.5. The molecule has 0 spiro atoms. The lowest BCUT2D eigenvalue weighted by Gasteiger charge is -2.20. The zero-order valence-corrected chi connectivity index (χ0v) is 15.2. The van der Waals surface area contributed by atoms with Gasteiger partial charge in [0.2, 0.25) is 5.75 Å². The fourth-order valence-corrected chi connectivity index (χ4v) is 2.51. The molecule has 0 bridgehead atoms. The second-order valence-corrected chi connectivity index (χ2v) is 5.25. The van der Waals surface area contributed by atoms with Crippen LogP contribution in [-0.4, -0.2) is 39.7 Å². The van der Waals surface area contributed by atoms with E-state index in [0.717, 1.165) is 0 Å². The van der Waals surface area contributed by atoms with E-state index in [-0.39, 0.29) is 0 Å². The Labute approximate surface area is 152 Å². The first-order valence-corrected chi connectivity index (χ1v) is 8.03. The number of likely N-dealkylation sites (N-methyl/N-ethyl adjacent to an activating group) is 1. The van der Waals surface area contributed by atoms with Crippen LogP contribution in [0.5, 0.6) is 17.2 Å². The van der Waals surface area contributed by atoms with Crippen molar-refractivity contribution in [3.05, 3.63) is 42.5 Å². The first-order valence-electron chi connectivity index (χ1n) is 8.03. The van der Waals surface area contributed by atoms with Crippen LogP contribution in [0.15, 0.2) is 42.5 Å². The molecule has 2 aromatic rings. The first kappa shape index (κ1) is 19.1. The number of carbonyl (C=O) groups excluding carboxylic acids is 2. The lowest BCUT2D eigenvalue weighted by Crippen LogP contribution is -2.39. The summed E-state index contributed by atoms with van der Waals surface area (Å²) in [6, 6.07) is 12.1. The van der Waals surface area contributed by atoms with Gasteiger partial charge in [-0.2, -0.15) is 0 Å². The van der Waals surface area contributed by atoms with E-state index in [0.29, 0.717) is 35.2 Å². The molecule has 0 saturated carbocycles. The Morgan fingerprint density at radius 1 is 0.962 bits per heavy atom. The van der Waals surface area contributed by atoms with Crippen LogP contribution in [0, 0.1) is 0 Å². The topological polar surface area (TPSA) is 77.1 Å². The number of hydrogen-bond acceptors (Lipinski definition) is 5. The van der Waals surface area contributed by atoms with Crippen LogP contribution in [0.1, 0.15) is 6.92 Å². The second kappa shape index (κ2) is 8.75. The molecule has 0 aliphatic carbocycles. The van der Waals surface area contributed by atoms with Crippen LogP contribution < -0.4 is 24.4 Å². The molecule has 0 saturated heterocycles. The Balaban J connectivity index is 2.24. The molecule has 0 aliphatic rings. The summed E-state index contributed by atoms with van der Waals surface area (Å²) in [5.41, 5.74) is 1.02. The Kier molecular flexibility index (Phi) is 6.43. The number of rotatable bonds is 6. The number of amides is 2. The quantitative estimate of drug-likeness (QED) is 0.804. The molecular weight excluding hydrogens is 336 g/mol. The highest BCUT2D eigenvalue weighted by Crippen LogP contribution is 2.39. The molecule has 0 heterocycles. The Bertz CT molecular complexity index is 752. The molecule has 0 fully saturated rings. The molecule has 0 unspecified atom stereocenters. The summed E-state index contributed by atoms with van der Waals surface area (Å²) >= 11 is 0. The van der Waals surface area contributed by atoms with Gasteiger partial charge in [0.25, 0.3) is 0 Å². The molecular formula is C19H22N2O5. The Morgan fingerprint density at radius 3 is 2.00 bits per heavy atom. The zero-order chi connectivity index (χ0) is 19.1. The highest BCUT2D eigenvalue weighted by molar-refractivity contribution is 6.44. The molecule has 0 aliphatic heterocycles. The van der Waals surface area contributed by atoms with Gasteiger partial charge in [0.05, 0.1) is 21.3 Å². The maximum atomic E-state index is 12.5. The molecule has 2 amide bonds. The number of hydrogen-bond donors (Lipinski definition) is 1. The maximum Gasteiger partial charge on any atom is 0.316 e. The van der Waals surface area contributed by atoms with Gasteiger partial charge in [-0.05, 0) is 19.1 Å². The summed E-state index contributed by atoms with van der Waals surface area (Å²) in [4.78, 5) is 26.4. The normalized spacial score (nSPS) is 10.0. The minimum atomic E-state index is -0.759. The third-order valence-corrected chi connectivity index (χ3v) is 3.75. The van der Waals surface area contributed by atoms with Gasteiger partial charge in [-0.25, -0.2) is 0 Å². The van der Waals surface area contributed by atoms with Gasteiger partial charge >= 0.3 is 11.8 Å². The highest BCUT2D eigenvalue weighted by Gasteiger charge is 2.23. The van der Waals surface area contributed by atoms with Gasteiger partial charge < -0.3 is 24.4 Å². The van der Waals surface area contributed by atoms with Crippen LogP contribution in [0.4, 0.5) is 11.4 Å². The lowest BCUT2D eigenvalue weighted by molar-refractivity contribution is -0.134. The van der Waals surface area contributed by atoms with Crippen molar-refractivity contribution in [2.24, 2.45) is 0 Å². The summed E-state index contributed by atoms with van der Waals surface area (Å²) in [6.45, 7) is 2.17. The lowest BCUT2D eigenvalue weighted by atomic mass is 10.2. The monoisotopic (exact) mass is 358 g/mol. The molecule has 2 rings (SSSR count). The van der Waals surface area contributed by atoms with Crippen LogP contribution in [0.3, 0.4) is 0 Å². The highest BCUT2D eigenvalue weighted by atomic mass is 16.5. The molecule has 0 atom stereocenters. The third kappa shape index (κ3) is 4.05. The van der Waals surface area contributed by atoms with Crippen molar-refractivity contribution < 1.29 is 23.8 Å². The number of anilines is 2. The van der Waals surface area contributed by atoms with Crippen LogP contribution in [0.2, 0.25) is 0 Å². The number of nitrogens with one attached hydrogen (secondary N) is 1. The van der Waals surface area contributed by atoms with E-state index in [4.69, 9.17) is 14.2 Å². The predicted octanol–water partition coefficient (Wildman–Crippen LogP) is 2.70. The van der Waals surface area contributed by atoms with Crippen molar-refractivity contribution >= 4 is 23.2 Å². The summed E-state index contributed by atoms with van der Waals surface area (Å²) in [7, 11) is 4.44. The number of carbonyl (C=O) groups is 2. The van der Waals surface area contributed by atoms with Crippen molar-refractivity contribution in [3.63, 3.8) is 0 Å². The minimum absolute atomic E-state index is 0.363. The van der Waals surface area contributed by atoms with Gasteiger partial charge in [0.15, 0.2) is 11.5 Å². The van der Waals surface area contributed by atoms with E-state index in [1.54, 1.807) is 31.2 Å². The average Bonchev–Trinajstić information content (AvgIpc) is 2.68. The molecule has 0 radical (unpaired) electrons. The minimum Gasteiger partial charge on any atom is -0.493 e. The number of benzene rings is 2. The van der Waals surface area contributed by atoms with Gasteiger partial charge in [0.1, 0.15) is 0 Å². The molecule has 0 aromatic heterocycles. The Hall–Kier alpha value is -3.22. The largest absolute Gasteiger partial charge is 0.493 e. The van der Waals surface area contributed by atoms with Gasteiger partial charge in [-0.3, -0.25) is 9.59 Å². The molecule has 138 valence electrons. The fourth-order valence-electron chi connectivity index (χ4n) is 2.51. The summed E-state index contributed by atoms with van der Waals surface area (Å²) in [5.74, 6) is -0.258. The maximum absolute atomic E-state index is 12.5. The van der Waals surface area contributed by atoms with E-state index in [1.807, 2.05) is 18.2 Å². The van der Waals surface area contributed by atoms with Gasteiger partial charge in [-0.1, -0.05) is 18.2 Å². The van der Waals surface area contributed by atoms with Gasteiger partial charge in [0, 0.05) is 30.1 Å². The van der Waals surface area contributed by atoms with Crippen LogP contribution >= 0.6 is 0 Å². The second-order valence-electron chi connectivity index (χ2n) is 5.25. The molecule has 7 heteroatoms. The molecule has 7 nitrogen and oxygen atoms in total. The molecule has 26 heavy (non-hydrogen) atoms. The van der Waals surface area contributed by atoms with Crippen LogP contribution in [0.25, 0.3) is 0 Å². The van der Waals surface area contributed by atoms with Gasteiger partial charge in [-0.15, -0.1) is 0 Å². The predicted molar refractivity (Wildman–Crippen MR) is 99.2 cm³/mol. The fraction of sp³-hybridized carbons (Fsp3) is 0.263. The van der Waals surface area contributed by atoms with Crippen molar-refractivity contribution in [1.29, 1.82) is 0 Å². The number of nitrogens with zero attached hydrogens (tertiary/aromatic N) is 1. The average molecular weight is 358 g/mol. The van der Waals surface area contributed by atoms with Crippen molar-refractivity contribution in [1.82, 2.24) is 0 Å². The summed E-state index contributed by atoms with van der Waals surface area (Å²) in [5, 5.41) is 2.58. The van der Waals surface area contributed by atoms with E-state index < -0.39 is 11.8 Å². The standard InChI is InChI=1S/C19H22N2O5/c1-5-21(14-9-7-6-8-10-14)19(23)18(22)20-13-11-15(24-2)17(26-4)16(12-13)25-3/h6-12H,5H2,1-4H3,(H,20,22). The van der Waals surface area contributed by atoms with Crippen LogP contribution in [-0.2, 0) is 9.59 Å². The number of ether oxygens (including phenoxy) is 3. The third-order valence-electron chi connectivity index (χ3n) is 3.75. The van der Waals surface area contributed by atoms with E-state index in [2.05, 4.69) is 5.32 Å². The summed E-state index contributed by atoms with van der Waals surface area (Å²) < 4.78 is 15.7. The van der Waals surface area contributed by atoms with Crippen molar-refractivity contribution in [2.45, 2.75) is 6.92 Å². The summed E-state index contributed by atoms with van der Waals surface area (Å²) in [6.07, 6.45) is 0. The smallest absolute Gasteiger partial charge is 0.316 e. The number of para-hydroxylation sites is 1. The van der Waals surface area contributed by atoms with E-state index in [9.17, 15) is 9.59 Å². The van der Waals surface area contributed by atoms with Crippen molar-refractivity contribution in [2.75, 3.05) is 38.1 Å².